The number of hydrogen-bond acceptors (Lipinski definition) is 3. The summed E-state index contributed by atoms with van der Waals surface area (Å²) >= 11 is 0. The smallest absolute Gasteiger partial charge is 0.378 e. The van der Waals surface area contributed by atoms with Crippen molar-refractivity contribution in [2.24, 2.45) is 0 Å². The Labute approximate surface area is 124 Å². The Morgan fingerprint density at radius 3 is 2.48 bits per heavy atom. The summed E-state index contributed by atoms with van der Waals surface area (Å²) in [4.78, 5) is 0. The average Bonchev–Trinajstić information content (AvgIpc) is 2.94. The fraction of sp³-hybridized carbons (Fsp3) is 0.455. The first kappa shape index (κ1) is 17.3. The van der Waals surface area contributed by atoms with Gasteiger partial charge < -0.3 is 5.32 Å². The van der Waals surface area contributed by atoms with Crippen molar-refractivity contribution in [2.75, 3.05) is 12.0 Å². The minimum absolute atomic E-state index is 0. The van der Waals surface area contributed by atoms with Gasteiger partial charge in [-0.25, -0.2) is 4.39 Å². The highest BCUT2D eigenvalue weighted by atomic mass is 35.5. The van der Waals surface area contributed by atoms with Crippen LogP contribution in [0.5, 0.6) is 0 Å². The molecular weight excluding hydrogens is 314 g/mol. The van der Waals surface area contributed by atoms with E-state index in [9.17, 15) is 17.6 Å². The van der Waals surface area contributed by atoms with Crippen LogP contribution in [0.3, 0.4) is 0 Å². The van der Waals surface area contributed by atoms with Gasteiger partial charge in [0.15, 0.2) is 0 Å². The summed E-state index contributed by atoms with van der Waals surface area (Å²) < 4.78 is 50.8. The molecule has 5 nitrogen and oxygen atoms in total. The van der Waals surface area contributed by atoms with Gasteiger partial charge in [0, 0.05) is 24.5 Å². The molecule has 0 fully saturated rings. The maximum atomic E-state index is 12.2. The molecule has 0 aliphatic rings. The van der Waals surface area contributed by atoms with Gasteiger partial charge in [-0.1, -0.05) is 0 Å². The first-order valence-corrected chi connectivity index (χ1v) is 5.86. The van der Waals surface area contributed by atoms with Crippen molar-refractivity contribution in [1.82, 2.24) is 19.6 Å². The summed E-state index contributed by atoms with van der Waals surface area (Å²) in [6.07, 6.45) is 1.55. The van der Waals surface area contributed by atoms with Crippen LogP contribution in [0.15, 0.2) is 24.8 Å². The summed E-state index contributed by atoms with van der Waals surface area (Å²) in [5, 5.41) is 10.5. The predicted octanol–water partition coefficient (Wildman–Crippen LogP) is 2.65. The number of alkyl halides is 4. The van der Waals surface area contributed by atoms with Crippen molar-refractivity contribution in [1.29, 1.82) is 0 Å². The normalized spacial score (nSPS) is 11.2. The van der Waals surface area contributed by atoms with Gasteiger partial charge in [-0.05, 0) is 0 Å². The second kappa shape index (κ2) is 7.30. The minimum Gasteiger partial charge on any atom is -0.378 e. The first-order chi connectivity index (χ1) is 9.46. The van der Waals surface area contributed by atoms with Crippen LogP contribution in [0, 0.1) is 0 Å². The molecule has 10 heteroatoms. The molecule has 21 heavy (non-hydrogen) atoms. The molecular formula is C11H14ClF4N5. The number of halogens is 5. The van der Waals surface area contributed by atoms with Gasteiger partial charge in [-0.2, -0.15) is 23.4 Å². The highest BCUT2D eigenvalue weighted by Crippen LogP contribution is 2.17. The Hall–Kier alpha value is -1.77. The van der Waals surface area contributed by atoms with E-state index in [1.807, 2.05) is 0 Å². The van der Waals surface area contributed by atoms with Crippen molar-refractivity contribution < 1.29 is 17.6 Å². The first-order valence-electron chi connectivity index (χ1n) is 5.86. The molecule has 118 valence electrons. The third-order valence-electron chi connectivity index (χ3n) is 2.47. The summed E-state index contributed by atoms with van der Waals surface area (Å²) in [5.41, 5.74) is 1.29. The minimum atomic E-state index is -4.29. The van der Waals surface area contributed by atoms with Gasteiger partial charge >= 0.3 is 6.18 Å². The molecule has 0 aromatic carbocycles. The van der Waals surface area contributed by atoms with Crippen LogP contribution in [-0.4, -0.2) is 32.4 Å². The van der Waals surface area contributed by atoms with E-state index >= 15 is 0 Å². The average molecular weight is 328 g/mol. The second-order valence-corrected chi connectivity index (χ2v) is 4.20. The molecule has 2 aromatic rings. The summed E-state index contributed by atoms with van der Waals surface area (Å²) in [6.45, 7) is -1.13. The van der Waals surface area contributed by atoms with Crippen LogP contribution in [0.2, 0.25) is 0 Å². The molecule has 0 saturated carbocycles. The largest absolute Gasteiger partial charge is 0.408 e. The van der Waals surface area contributed by atoms with Crippen molar-refractivity contribution in [3.05, 3.63) is 30.4 Å². The Morgan fingerprint density at radius 2 is 1.81 bits per heavy atom. The lowest BCUT2D eigenvalue weighted by atomic mass is 10.3. The monoisotopic (exact) mass is 327 g/mol. The third kappa shape index (κ3) is 5.62. The number of nitrogens with zero attached hydrogens (tertiary/aromatic N) is 4. The molecule has 0 aliphatic heterocycles. The van der Waals surface area contributed by atoms with E-state index in [1.165, 1.54) is 23.3 Å². The van der Waals surface area contributed by atoms with Crippen molar-refractivity contribution in [3.8, 4) is 0 Å². The fourth-order valence-electron chi connectivity index (χ4n) is 1.64. The van der Waals surface area contributed by atoms with Gasteiger partial charge in [0.2, 0.25) is 0 Å². The predicted molar refractivity (Wildman–Crippen MR) is 71.1 cm³/mol. The molecule has 0 saturated heterocycles. The molecule has 0 bridgehead atoms. The maximum Gasteiger partial charge on any atom is 0.408 e. The molecule has 2 heterocycles. The van der Waals surface area contributed by atoms with E-state index in [4.69, 9.17) is 0 Å². The SMILES string of the molecule is Cl.FCCn1cc(NCc2cnn(CC(F)(F)F)c2)cn1. The zero-order valence-corrected chi connectivity index (χ0v) is 11.7. The molecule has 0 radical (unpaired) electrons. The molecule has 0 spiro atoms. The van der Waals surface area contributed by atoms with E-state index in [0.717, 1.165) is 4.68 Å². The van der Waals surface area contributed by atoms with Gasteiger partial charge in [0.05, 0.1) is 24.6 Å². The van der Waals surface area contributed by atoms with Gasteiger partial charge in [0.25, 0.3) is 0 Å². The topological polar surface area (TPSA) is 47.7 Å². The van der Waals surface area contributed by atoms with Crippen molar-refractivity contribution >= 4 is 18.1 Å². The van der Waals surface area contributed by atoms with Crippen molar-refractivity contribution in [2.45, 2.75) is 25.8 Å². The van der Waals surface area contributed by atoms with E-state index in [0.29, 0.717) is 17.8 Å². The zero-order chi connectivity index (χ0) is 14.6. The molecule has 0 atom stereocenters. The number of aromatic nitrogens is 4. The number of aryl methyl sites for hydroxylation is 1. The lowest BCUT2D eigenvalue weighted by molar-refractivity contribution is -0.142. The van der Waals surface area contributed by atoms with Crippen LogP contribution < -0.4 is 5.32 Å². The molecule has 0 aliphatic carbocycles. The highest BCUT2D eigenvalue weighted by molar-refractivity contribution is 5.85. The van der Waals surface area contributed by atoms with E-state index in [2.05, 4.69) is 15.5 Å². The summed E-state index contributed by atoms with van der Waals surface area (Å²) in [7, 11) is 0. The van der Waals surface area contributed by atoms with Crippen LogP contribution >= 0.6 is 12.4 Å². The number of rotatable bonds is 6. The van der Waals surface area contributed by atoms with Gasteiger partial charge in [-0.3, -0.25) is 9.36 Å². The summed E-state index contributed by atoms with van der Waals surface area (Å²) in [6, 6.07) is 0. The number of anilines is 1. The van der Waals surface area contributed by atoms with E-state index in [-0.39, 0.29) is 19.0 Å². The molecule has 2 rings (SSSR count). The maximum absolute atomic E-state index is 12.2. The summed E-state index contributed by atoms with van der Waals surface area (Å²) in [5.74, 6) is 0. The third-order valence-corrected chi connectivity index (χ3v) is 2.47. The Morgan fingerprint density at radius 1 is 1.10 bits per heavy atom. The Balaban J connectivity index is 0.00000220. The van der Waals surface area contributed by atoms with E-state index in [1.54, 1.807) is 6.20 Å². The standard InChI is InChI=1S/C11H13F4N5.ClH/c12-1-2-19-7-10(5-18-19)16-3-9-4-17-20(6-9)8-11(13,14)15;/h4-7,16H,1-3,8H2;1H. The zero-order valence-electron chi connectivity index (χ0n) is 10.8. The molecule has 2 aromatic heterocycles. The van der Waals surface area contributed by atoms with Gasteiger partial charge in [0.1, 0.15) is 13.2 Å². The van der Waals surface area contributed by atoms with Crippen molar-refractivity contribution in [3.63, 3.8) is 0 Å². The number of hydrogen-bond donors (Lipinski definition) is 1. The highest BCUT2D eigenvalue weighted by Gasteiger charge is 2.28. The van der Waals surface area contributed by atoms with Crippen LogP contribution in [0.1, 0.15) is 5.56 Å². The lowest BCUT2D eigenvalue weighted by Crippen LogP contribution is -2.17. The van der Waals surface area contributed by atoms with Crippen LogP contribution in [-0.2, 0) is 19.6 Å². The quantitative estimate of drug-likeness (QED) is 0.830. The van der Waals surface area contributed by atoms with Crippen LogP contribution in [0.25, 0.3) is 0 Å². The van der Waals surface area contributed by atoms with E-state index < -0.39 is 19.4 Å². The second-order valence-electron chi connectivity index (χ2n) is 4.20. The Bertz CT molecular complexity index is 551. The van der Waals surface area contributed by atoms with Crippen LogP contribution in [0.4, 0.5) is 23.2 Å². The molecule has 1 N–H and O–H groups in total. The lowest BCUT2D eigenvalue weighted by Gasteiger charge is -2.05. The van der Waals surface area contributed by atoms with Gasteiger partial charge in [-0.15, -0.1) is 12.4 Å². The molecule has 0 unspecified atom stereocenters. The molecule has 0 amide bonds. The Kier molecular flexibility index (Phi) is 6.01. The number of nitrogens with one attached hydrogen (secondary N) is 1. The fourth-order valence-corrected chi connectivity index (χ4v) is 1.64.